The summed E-state index contributed by atoms with van der Waals surface area (Å²) in [7, 11) is 0. The van der Waals surface area contributed by atoms with E-state index in [4.69, 9.17) is 22.9 Å². The Morgan fingerprint density at radius 2 is 1.78 bits per heavy atom. The molecular formula is C21H38N8O6S. The zero-order valence-electron chi connectivity index (χ0n) is 20.5. The number of carboxylic acid groups (broad SMARTS) is 1. The summed E-state index contributed by atoms with van der Waals surface area (Å²) in [5.41, 5.74) is 21.7. The van der Waals surface area contributed by atoms with Gasteiger partial charge < -0.3 is 43.6 Å². The molecule has 1 heterocycles. The number of carbonyl (C=O) groups excluding carboxylic acids is 4. The van der Waals surface area contributed by atoms with Crippen LogP contribution in [0.2, 0.25) is 0 Å². The van der Waals surface area contributed by atoms with Crippen molar-refractivity contribution < 1.29 is 29.1 Å². The lowest BCUT2D eigenvalue weighted by atomic mass is 10.1. The minimum absolute atomic E-state index is 0.0957. The summed E-state index contributed by atoms with van der Waals surface area (Å²) < 4.78 is 0. The van der Waals surface area contributed by atoms with E-state index in [9.17, 15) is 29.1 Å². The summed E-state index contributed by atoms with van der Waals surface area (Å²) in [6, 6.07) is -4.02. The smallest absolute Gasteiger partial charge is 0.326 e. The van der Waals surface area contributed by atoms with Crippen LogP contribution in [0.1, 0.15) is 44.9 Å². The van der Waals surface area contributed by atoms with Crippen LogP contribution in [0, 0.1) is 0 Å². The number of carbonyl (C=O) groups is 5. The molecule has 0 spiro atoms. The second kappa shape index (κ2) is 15.8. The minimum Gasteiger partial charge on any atom is -0.480 e. The predicted octanol–water partition coefficient (Wildman–Crippen LogP) is -2.57. The van der Waals surface area contributed by atoms with Gasteiger partial charge in [0.15, 0.2) is 5.96 Å². The van der Waals surface area contributed by atoms with Crippen molar-refractivity contribution in [2.45, 2.75) is 69.1 Å². The van der Waals surface area contributed by atoms with Crippen LogP contribution in [-0.2, 0) is 24.0 Å². The first-order valence-corrected chi connectivity index (χ1v) is 13.1. The number of primary amides is 1. The summed E-state index contributed by atoms with van der Waals surface area (Å²) in [4.78, 5) is 66.7. The Morgan fingerprint density at radius 1 is 1.08 bits per heavy atom. The Bertz CT molecular complexity index is 822. The zero-order valence-corrected chi connectivity index (χ0v) is 21.3. The van der Waals surface area contributed by atoms with Gasteiger partial charge >= 0.3 is 5.97 Å². The van der Waals surface area contributed by atoms with Crippen LogP contribution in [0.15, 0.2) is 4.99 Å². The van der Waals surface area contributed by atoms with E-state index in [2.05, 4.69) is 15.6 Å². The van der Waals surface area contributed by atoms with Crippen molar-refractivity contribution in [3.8, 4) is 0 Å². The number of likely N-dealkylation sites (tertiary alicyclic amines) is 1. The Hall–Kier alpha value is -3.07. The van der Waals surface area contributed by atoms with Gasteiger partial charge in [-0.15, -0.1) is 0 Å². The van der Waals surface area contributed by atoms with E-state index in [1.165, 1.54) is 4.90 Å². The van der Waals surface area contributed by atoms with Crippen molar-refractivity contribution in [2.24, 2.45) is 27.9 Å². The molecule has 14 nitrogen and oxygen atoms in total. The topological polar surface area (TPSA) is 249 Å². The molecule has 1 fully saturated rings. The average molecular weight is 531 g/mol. The van der Waals surface area contributed by atoms with Crippen molar-refractivity contribution in [1.29, 1.82) is 0 Å². The molecule has 11 N–H and O–H groups in total. The average Bonchev–Trinajstić information content (AvgIpc) is 3.30. The first-order chi connectivity index (χ1) is 17.0. The molecule has 0 saturated carbocycles. The number of hydrogen-bond acceptors (Lipinski definition) is 8. The van der Waals surface area contributed by atoms with Crippen LogP contribution in [0.3, 0.4) is 0 Å². The molecule has 1 aliphatic rings. The van der Waals surface area contributed by atoms with Crippen molar-refractivity contribution in [1.82, 2.24) is 15.5 Å². The van der Waals surface area contributed by atoms with E-state index in [0.29, 0.717) is 31.4 Å². The first kappa shape index (κ1) is 31.0. The maximum absolute atomic E-state index is 13.4. The second-order valence-electron chi connectivity index (χ2n) is 8.49. The van der Waals surface area contributed by atoms with Crippen LogP contribution in [-0.4, -0.2) is 94.8 Å². The third-order valence-electron chi connectivity index (χ3n) is 5.66. The molecular weight excluding hydrogens is 492 g/mol. The fourth-order valence-electron chi connectivity index (χ4n) is 3.73. The molecule has 4 unspecified atom stereocenters. The minimum atomic E-state index is -1.33. The number of thioether (sulfide) groups is 1. The molecule has 4 amide bonds. The molecule has 204 valence electrons. The van der Waals surface area contributed by atoms with Crippen LogP contribution >= 0.6 is 11.8 Å². The highest BCUT2D eigenvalue weighted by Gasteiger charge is 2.39. The van der Waals surface area contributed by atoms with Gasteiger partial charge in [0.1, 0.15) is 18.1 Å². The van der Waals surface area contributed by atoms with Crippen molar-refractivity contribution in [3.63, 3.8) is 0 Å². The molecule has 1 aliphatic heterocycles. The molecule has 4 atom stereocenters. The van der Waals surface area contributed by atoms with Gasteiger partial charge in [0.2, 0.25) is 23.6 Å². The number of nitrogens with one attached hydrogen (secondary N) is 2. The Kier molecular flexibility index (Phi) is 13.6. The number of amides is 4. The Morgan fingerprint density at radius 3 is 2.36 bits per heavy atom. The van der Waals surface area contributed by atoms with Crippen molar-refractivity contribution in [2.75, 3.05) is 25.1 Å². The third kappa shape index (κ3) is 10.7. The number of aliphatic imine (C=N–C) groups is 1. The van der Waals surface area contributed by atoms with Gasteiger partial charge in [0.05, 0.1) is 6.04 Å². The van der Waals surface area contributed by atoms with E-state index in [-0.39, 0.29) is 38.3 Å². The molecule has 0 bridgehead atoms. The molecule has 1 rings (SSSR count). The highest BCUT2D eigenvalue weighted by Crippen LogP contribution is 2.20. The van der Waals surface area contributed by atoms with E-state index in [1.54, 1.807) is 11.8 Å². The van der Waals surface area contributed by atoms with Gasteiger partial charge in [0.25, 0.3) is 0 Å². The van der Waals surface area contributed by atoms with Gasteiger partial charge in [-0.1, -0.05) is 0 Å². The summed E-state index contributed by atoms with van der Waals surface area (Å²) in [5.74, 6) is -3.05. The molecule has 1 saturated heterocycles. The fraction of sp³-hybridized carbons (Fsp3) is 0.714. The van der Waals surface area contributed by atoms with Gasteiger partial charge in [-0.2, -0.15) is 11.8 Å². The molecule has 0 aromatic rings. The molecule has 0 radical (unpaired) electrons. The second-order valence-corrected chi connectivity index (χ2v) is 9.48. The summed E-state index contributed by atoms with van der Waals surface area (Å²) in [6.45, 7) is 0.499. The van der Waals surface area contributed by atoms with Gasteiger partial charge in [-0.05, 0) is 50.5 Å². The molecule has 36 heavy (non-hydrogen) atoms. The lowest BCUT2D eigenvalue weighted by Crippen LogP contribution is -2.56. The maximum atomic E-state index is 13.4. The Labute approximate surface area is 214 Å². The Balaban J connectivity index is 2.96. The lowest BCUT2D eigenvalue weighted by molar-refractivity contribution is -0.145. The summed E-state index contributed by atoms with van der Waals surface area (Å²) in [6.07, 6.45) is 3.36. The SMILES string of the molecule is CSCCC(N)C(=O)NC(CCCN=C(N)N)C(=O)N1CCCC1C(=O)NC(CCC(N)=O)C(=O)O. The van der Waals surface area contributed by atoms with Gasteiger partial charge in [-0.25, -0.2) is 4.79 Å². The fourth-order valence-corrected chi connectivity index (χ4v) is 4.22. The van der Waals surface area contributed by atoms with Crippen LogP contribution < -0.4 is 33.6 Å². The molecule has 0 aromatic carbocycles. The largest absolute Gasteiger partial charge is 0.480 e. The van der Waals surface area contributed by atoms with Crippen molar-refractivity contribution >= 4 is 47.3 Å². The zero-order chi connectivity index (χ0) is 27.3. The monoisotopic (exact) mass is 530 g/mol. The van der Waals surface area contributed by atoms with E-state index in [0.717, 1.165) is 0 Å². The van der Waals surface area contributed by atoms with Crippen molar-refractivity contribution in [3.05, 3.63) is 0 Å². The molecule has 0 aromatic heterocycles. The highest BCUT2D eigenvalue weighted by atomic mass is 32.2. The van der Waals surface area contributed by atoms with Gasteiger partial charge in [-0.3, -0.25) is 24.2 Å². The van der Waals surface area contributed by atoms with E-state index >= 15 is 0 Å². The first-order valence-electron chi connectivity index (χ1n) is 11.7. The standard InChI is InChI=1S/C21H38N8O6S/c1-36-11-8-12(22)17(31)27-13(4-2-9-26-21(24)25)19(33)29-10-3-5-15(29)18(32)28-14(20(34)35)6-7-16(23)30/h12-15H,2-11,22H2,1H3,(H2,23,30)(H,27,31)(H,28,32)(H,34,35)(H4,24,25,26). The normalized spacial score (nSPS) is 17.5. The number of nitrogens with zero attached hydrogens (tertiary/aromatic N) is 2. The van der Waals surface area contributed by atoms with Crippen LogP contribution in [0.5, 0.6) is 0 Å². The quantitative estimate of drug-likeness (QED) is 0.0624. The number of guanidine groups is 1. The number of aliphatic carboxylic acids is 1. The summed E-state index contributed by atoms with van der Waals surface area (Å²) in [5, 5.41) is 14.5. The van der Waals surface area contributed by atoms with E-state index in [1.807, 2.05) is 6.26 Å². The predicted molar refractivity (Wildman–Crippen MR) is 136 cm³/mol. The van der Waals surface area contributed by atoms with Crippen LogP contribution in [0.4, 0.5) is 0 Å². The maximum Gasteiger partial charge on any atom is 0.326 e. The number of nitrogens with two attached hydrogens (primary N) is 4. The molecule has 0 aliphatic carbocycles. The number of hydrogen-bond donors (Lipinski definition) is 7. The van der Waals surface area contributed by atoms with Crippen LogP contribution in [0.25, 0.3) is 0 Å². The highest BCUT2D eigenvalue weighted by molar-refractivity contribution is 7.98. The number of carboxylic acids is 1. The number of rotatable bonds is 16. The summed E-state index contributed by atoms with van der Waals surface area (Å²) >= 11 is 1.54. The van der Waals surface area contributed by atoms with Gasteiger partial charge in [0, 0.05) is 19.5 Å². The lowest BCUT2D eigenvalue weighted by Gasteiger charge is -2.30. The van der Waals surface area contributed by atoms with E-state index < -0.39 is 53.8 Å². The molecule has 15 heteroatoms. The third-order valence-corrected chi connectivity index (χ3v) is 6.31.